The van der Waals surface area contributed by atoms with Gasteiger partial charge in [0, 0.05) is 12.6 Å². The van der Waals surface area contributed by atoms with Crippen molar-refractivity contribution in [2.24, 2.45) is 0 Å². The molecular formula is C8H17NO. The van der Waals surface area contributed by atoms with E-state index < -0.39 is 0 Å². The molecule has 0 aromatic heterocycles. The van der Waals surface area contributed by atoms with E-state index in [1.54, 1.807) is 0 Å². The van der Waals surface area contributed by atoms with Crippen molar-refractivity contribution in [3.63, 3.8) is 0 Å². The van der Waals surface area contributed by atoms with Crippen molar-refractivity contribution in [3.05, 3.63) is 0 Å². The molecule has 1 N–H and O–H groups in total. The van der Waals surface area contributed by atoms with Crippen LogP contribution in [0.2, 0.25) is 0 Å². The molecule has 1 aliphatic rings. The number of likely N-dealkylation sites (N-methyl/N-ethyl adjacent to an activating group) is 1. The summed E-state index contributed by atoms with van der Waals surface area (Å²) in [7, 11) is 1.98. The zero-order valence-electron chi connectivity index (χ0n) is 7.11. The second-order valence-electron chi connectivity index (χ2n) is 3.28. The number of nitrogens with one attached hydrogen (secondary N) is 1. The van der Waals surface area contributed by atoms with Crippen LogP contribution in [0.1, 0.15) is 26.7 Å². The van der Waals surface area contributed by atoms with E-state index in [-0.39, 0.29) is 5.60 Å². The Bertz CT molecular complexity index is 108. The van der Waals surface area contributed by atoms with Gasteiger partial charge in [0.2, 0.25) is 0 Å². The minimum Gasteiger partial charge on any atom is -0.374 e. The van der Waals surface area contributed by atoms with Gasteiger partial charge in [-0.1, -0.05) is 0 Å². The molecular weight excluding hydrogens is 126 g/mol. The molecule has 0 spiro atoms. The van der Waals surface area contributed by atoms with Crippen LogP contribution in [0.5, 0.6) is 0 Å². The Labute approximate surface area is 63.0 Å². The summed E-state index contributed by atoms with van der Waals surface area (Å²) in [6.07, 6.45) is 2.40. The van der Waals surface area contributed by atoms with Gasteiger partial charge in [-0.05, 0) is 33.7 Å². The number of rotatable bonds is 2. The molecule has 1 saturated heterocycles. The zero-order chi connectivity index (χ0) is 7.61. The van der Waals surface area contributed by atoms with Crippen molar-refractivity contribution in [2.45, 2.75) is 38.3 Å². The molecule has 0 aliphatic carbocycles. The van der Waals surface area contributed by atoms with E-state index in [4.69, 9.17) is 4.74 Å². The SMILES string of the molecule is CNC(C)C1(C)CCCO1. The lowest BCUT2D eigenvalue weighted by Crippen LogP contribution is -2.44. The summed E-state index contributed by atoms with van der Waals surface area (Å²) >= 11 is 0. The third-order valence-electron chi connectivity index (χ3n) is 2.60. The third-order valence-corrected chi connectivity index (χ3v) is 2.60. The van der Waals surface area contributed by atoms with Gasteiger partial charge in [0.1, 0.15) is 0 Å². The molecule has 1 rings (SSSR count). The van der Waals surface area contributed by atoms with E-state index in [0.29, 0.717) is 6.04 Å². The molecule has 10 heavy (non-hydrogen) atoms. The standard InChI is InChI=1S/C8H17NO/c1-7(9-3)8(2)5-4-6-10-8/h7,9H,4-6H2,1-3H3. The highest BCUT2D eigenvalue weighted by atomic mass is 16.5. The first-order chi connectivity index (χ1) is 4.69. The zero-order valence-corrected chi connectivity index (χ0v) is 7.11. The fraction of sp³-hybridized carbons (Fsp3) is 1.00. The molecule has 2 heteroatoms. The van der Waals surface area contributed by atoms with Crippen LogP contribution in [-0.4, -0.2) is 25.3 Å². The van der Waals surface area contributed by atoms with E-state index in [1.807, 2.05) is 7.05 Å². The Morgan fingerprint density at radius 2 is 2.30 bits per heavy atom. The van der Waals surface area contributed by atoms with Crippen molar-refractivity contribution >= 4 is 0 Å². The Morgan fingerprint density at radius 1 is 1.60 bits per heavy atom. The molecule has 0 aromatic rings. The maximum Gasteiger partial charge on any atom is 0.0804 e. The van der Waals surface area contributed by atoms with E-state index in [1.165, 1.54) is 12.8 Å². The highest BCUT2D eigenvalue weighted by molar-refractivity contribution is 4.88. The van der Waals surface area contributed by atoms with Gasteiger partial charge in [-0.2, -0.15) is 0 Å². The molecule has 0 amide bonds. The molecule has 0 saturated carbocycles. The summed E-state index contributed by atoms with van der Waals surface area (Å²) in [5.41, 5.74) is 0.0920. The molecule has 1 fully saturated rings. The van der Waals surface area contributed by atoms with E-state index >= 15 is 0 Å². The summed E-state index contributed by atoms with van der Waals surface area (Å²) in [4.78, 5) is 0. The summed E-state index contributed by atoms with van der Waals surface area (Å²) in [6.45, 7) is 5.29. The van der Waals surface area contributed by atoms with Crippen LogP contribution >= 0.6 is 0 Å². The van der Waals surface area contributed by atoms with E-state index in [0.717, 1.165) is 6.61 Å². The fourth-order valence-electron chi connectivity index (χ4n) is 1.45. The maximum absolute atomic E-state index is 5.63. The summed E-state index contributed by atoms with van der Waals surface area (Å²) in [5, 5.41) is 3.22. The number of hydrogen-bond acceptors (Lipinski definition) is 2. The molecule has 2 unspecified atom stereocenters. The topological polar surface area (TPSA) is 21.3 Å². The molecule has 0 bridgehead atoms. The van der Waals surface area contributed by atoms with Gasteiger partial charge in [-0.3, -0.25) is 0 Å². The Morgan fingerprint density at radius 3 is 2.70 bits per heavy atom. The predicted octanol–water partition coefficient (Wildman–Crippen LogP) is 1.16. The molecule has 2 atom stereocenters. The van der Waals surface area contributed by atoms with Crippen LogP contribution in [0.4, 0.5) is 0 Å². The van der Waals surface area contributed by atoms with Crippen molar-refractivity contribution < 1.29 is 4.74 Å². The van der Waals surface area contributed by atoms with Gasteiger partial charge in [0.15, 0.2) is 0 Å². The van der Waals surface area contributed by atoms with Crippen molar-refractivity contribution in [1.29, 1.82) is 0 Å². The molecule has 0 radical (unpaired) electrons. The normalized spacial score (nSPS) is 36.3. The third kappa shape index (κ3) is 1.32. The van der Waals surface area contributed by atoms with Gasteiger partial charge in [-0.25, -0.2) is 0 Å². The van der Waals surface area contributed by atoms with Crippen molar-refractivity contribution in [3.8, 4) is 0 Å². The monoisotopic (exact) mass is 143 g/mol. The lowest BCUT2D eigenvalue weighted by Gasteiger charge is -2.30. The average Bonchev–Trinajstić information content (AvgIpc) is 2.36. The molecule has 2 nitrogen and oxygen atoms in total. The second-order valence-corrected chi connectivity index (χ2v) is 3.28. The maximum atomic E-state index is 5.63. The minimum atomic E-state index is 0.0920. The van der Waals surface area contributed by atoms with Gasteiger partial charge >= 0.3 is 0 Å². The first kappa shape index (κ1) is 8.02. The van der Waals surface area contributed by atoms with E-state index in [9.17, 15) is 0 Å². The van der Waals surface area contributed by atoms with Gasteiger partial charge in [0.25, 0.3) is 0 Å². The van der Waals surface area contributed by atoms with Crippen LogP contribution in [-0.2, 0) is 4.74 Å². The Balaban J connectivity index is 2.49. The van der Waals surface area contributed by atoms with Crippen LogP contribution < -0.4 is 5.32 Å². The summed E-state index contributed by atoms with van der Waals surface area (Å²) < 4.78 is 5.63. The largest absolute Gasteiger partial charge is 0.374 e. The number of hydrogen-bond donors (Lipinski definition) is 1. The Kier molecular flexibility index (Phi) is 2.32. The van der Waals surface area contributed by atoms with Crippen LogP contribution in [0.25, 0.3) is 0 Å². The highest BCUT2D eigenvalue weighted by Crippen LogP contribution is 2.27. The Hall–Kier alpha value is -0.0800. The summed E-state index contributed by atoms with van der Waals surface area (Å²) in [5.74, 6) is 0. The molecule has 0 aromatic carbocycles. The average molecular weight is 143 g/mol. The van der Waals surface area contributed by atoms with Gasteiger partial charge in [-0.15, -0.1) is 0 Å². The minimum absolute atomic E-state index is 0.0920. The molecule has 60 valence electrons. The smallest absolute Gasteiger partial charge is 0.0804 e. The fourth-order valence-corrected chi connectivity index (χ4v) is 1.45. The quantitative estimate of drug-likeness (QED) is 0.626. The van der Waals surface area contributed by atoms with Crippen LogP contribution in [0.3, 0.4) is 0 Å². The molecule has 1 heterocycles. The summed E-state index contributed by atoms with van der Waals surface area (Å²) in [6, 6.07) is 0.468. The second kappa shape index (κ2) is 2.89. The first-order valence-electron chi connectivity index (χ1n) is 4.00. The first-order valence-corrected chi connectivity index (χ1v) is 4.00. The van der Waals surface area contributed by atoms with Crippen molar-refractivity contribution in [1.82, 2.24) is 5.32 Å². The highest BCUT2D eigenvalue weighted by Gasteiger charge is 2.34. The van der Waals surface area contributed by atoms with Gasteiger partial charge in [0.05, 0.1) is 5.60 Å². The van der Waals surface area contributed by atoms with Crippen LogP contribution in [0.15, 0.2) is 0 Å². The predicted molar refractivity (Wildman–Crippen MR) is 42.1 cm³/mol. The lowest BCUT2D eigenvalue weighted by molar-refractivity contribution is -0.00449. The van der Waals surface area contributed by atoms with Gasteiger partial charge < -0.3 is 10.1 Å². The number of ether oxygens (including phenoxy) is 1. The van der Waals surface area contributed by atoms with Crippen molar-refractivity contribution in [2.75, 3.05) is 13.7 Å². The van der Waals surface area contributed by atoms with Crippen LogP contribution in [0, 0.1) is 0 Å². The lowest BCUT2D eigenvalue weighted by atomic mass is 9.95. The van der Waals surface area contributed by atoms with E-state index in [2.05, 4.69) is 19.2 Å². The molecule has 1 aliphatic heterocycles.